The van der Waals surface area contributed by atoms with Crippen LogP contribution in [0.4, 0.5) is 0 Å². The molecule has 6 rings (SSSR count). The first-order chi connectivity index (χ1) is 38.9. The standard InChI is InChI=1S/C60H77N7O15/c1-6-8-9-10-11-35-12-14-36(15-13-35)37-16-18-38(19-17-37)39-20-22-41(23-21-39)54(76)62-42(7-2)28-46(72)56(78)65-58(80)50-51(73)32(3)30-67(50)60(82)48(34(5)69)63-57(79)49(53(75)52(74)40-24-26-43(70)27-25-40)64-55(77)45-29-44(71)31-66(45)59(81)47(61)33(4)68/h2,12-27,32-34,42,44-53,56,68-75,78H,6,8-11,28-31,61H2,1,3-5H3,(H,62,76)(H,63,79)(H,64,77)(H,65,80)/t32-,33+,34+,42+,44+,45-,46+,47?,48?,49?,50?,51-,52-,53-,56+/m0/s1. The number of nitrogens with two attached hydrogens (primary N) is 1. The molecular weight excluding hydrogens is 1060 g/mol. The van der Waals surface area contributed by atoms with Crippen molar-refractivity contribution in [2.24, 2.45) is 11.7 Å². The van der Waals surface area contributed by atoms with Crippen LogP contribution in [0.15, 0.2) is 97.1 Å². The first-order valence-electron chi connectivity index (χ1n) is 27.5. The average molecular weight is 1140 g/mol. The van der Waals surface area contributed by atoms with E-state index in [1.165, 1.54) is 69.4 Å². The van der Waals surface area contributed by atoms with Gasteiger partial charge in [-0.15, -0.1) is 6.42 Å². The van der Waals surface area contributed by atoms with Gasteiger partial charge in [-0.2, -0.15) is 0 Å². The second-order valence-corrected chi connectivity index (χ2v) is 21.4. The van der Waals surface area contributed by atoms with Gasteiger partial charge in [0.1, 0.15) is 54.3 Å². The summed E-state index contributed by atoms with van der Waals surface area (Å²) in [4.78, 5) is 84.7. The van der Waals surface area contributed by atoms with E-state index in [1.807, 2.05) is 24.3 Å². The van der Waals surface area contributed by atoms with Crippen LogP contribution in [0, 0.1) is 18.3 Å². The van der Waals surface area contributed by atoms with Gasteiger partial charge in [-0.3, -0.25) is 28.8 Å². The molecule has 2 fully saturated rings. The minimum absolute atomic E-state index is 0.0541. The lowest BCUT2D eigenvalue weighted by atomic mass is 9.96. The number of aromatic hydroxyl groups is 1. The van der Waals surface area contributed by atoms with Crippen LogP contribution in [0.5, 0.6) is 5.75 Å². The van der Waals surface area contributed by atoms with E-state index in [9.17, 15) is 74.7 Å². The van der Waals surface area contributed by atoms with E-state index in [0.717, 1.165) is 45.4 Å². The molecule has 6 amide bonds. The molecule has 15 N–H and O–H groups in total. The second-order valence-electron chi connectivity index (χ2n) is 21.4. The summed E-state index contributed by atoms with van der Waals surface area (Å²) in [6, 6.07) is 17.9. The fraction of sp³-hybridized carbons (Fsp3) is 0.467. The maximum absolute atomic E-state index is 14.4. The summed E-state index contributed by atoms with van der Waals surface area (Å²) in [5.74, 6) is -5.11. The van der Waals surface area contributed by atoms with E-state index in [4.69, 9.17) is 12.2 Å². The lowest BCUT2D eigenvalue weighted by molar-refractivity contribution is -0.148. The number of amides is 6. The number of unbranched alkanes of at least 4 members (excludes halogenated alkanes) is 3. The van der Waals surface area contributed by atoms with Crippen molar-refractivity contribution < 1.29 is 74.7 Å². The average Bonchev–Trinajstić information content (AvgIpc) is 4.10. The Bertz CT molecular complexity index is 2850. The highest BCUT2D eigenvalue weighted by Crippen LogP contribution is 2.29. The van der Waals surface area contributed by atoms with Crippen molar-refractivity contribution in [1.82, 2.24) is 31.1 Å². The largest absolute Gasteiger partial charge is 0.508 e. The fourth-order valence-electron chi connectivity index (χ4n) is 10.1. The molecule has 0 aromatic heterocycles. The molecule has 4 unspecified atom stereocenters. The Morgan fingerprint density at radius 3 is 1.80 bits per heavy atom. The lowest BCUT2D eigenvalue weighted by Crippen LogP contribution is -2.64. The van der Waals surface area contributed by atoms with Gasteiger partial charge in [0.25, 0.3) is 5.91 Å². The van der Waals surface area contributed by atoms with Crippen LogP contribution in [-0.4, -0.2) is 183 Å². The number of nitrogens with one attached hydrogen (secondary N) is 4. The highest BCUT2D eigenvalue weighted by molar-refractivity contribution is 5.97. The molecule has 22 nitrogen and oxygen atoms in total. The number of nitrogens with zero attached hydrogens (tertiary/aromatic N) is 2. The number of hydrogen-bond acceptors (Lipinski definition) is 16. The van der Waals surface area contributed by atoms with Crippen molar-refractivity contribution in [1.29, 1.82) is 0 Å². The highest BCUT2D eigenvalue weighted by atomic mass is 16.3. The highest BCUT2D eigenvalue weighted by Gasteiger charge is 2.49. The third kappa shape index (κ3) is 16.0. The van der Waals surface area contributed by atoms with Gasteiger partial charge in [-0.25, -0.2) is 0 Å². The third-order valence-electron chi connectivity index (χ3n) is 15.1. The molecule has 15 atom stereocenters. The topological polar surface area (TPSA) is 365 Å². The Morgan fingerprint density at radius 2 is 1.26 bits per heavy atom. The van der Waals surface area contributed by atoms with Crippen LogP contribution in [0.3, 0.4) is 0 Å². The number of aliphatic hydroxyl groups excluding tert-OH is 8. The first kappa shape index (κ1) is 63.9. The van der Waals surface area contributed by atoms with Gasteiger partial charge in [-0.05, 0) is 84.3 Å². The molecule has 4 aromatic rings. The Kier molecular flexibility index (Phi) is 22.7. The number of likely N-dealkylation sites (tertiary alicyclic amines) is 2. The number of β-amino-alcohol motifs (C(OH)–C–C–N with tert-alkyl or cyclic N) is 1. The van der Waals surface area contributed by atoms with Gasteiger partial charge < -0.3 is 82.8 Å². The zero-order valence-electron chi connectivity index (χ0n) is 46.3. The quantitative estimate of drug-likeness (QED) is 0.0238. The maximum Gasteiger partial charge on any atom is 0.252 e. The molecule has 22 heteroatoms. The van der Waals surface area contributed by atoms with E-state index >= 15 is 0 Å². The van der Waals surface area contributed by atoms with Gasteiger partial charge in [0.2, 0.25) is 29.5 Å². The number of benzene rings is 4. The minimum Gasteiger partial charge on any atom is -0.508 e. The van der Waals surface area contributed by atoms with E-state index in [2.05, 4.69) is 58.4 Å². The Balaban J connectivity index is 1.09. The smallest absolute Gasteiger partial charge is 0.252 e. The summed E-state index contributed by atoms with van der Waals surface area (Å²) in [7, 11) is 0. The Labute approximate surface area is 476 Å². The fourth-order valence-corrected chi connectivity index (χ4v) is 10.1. The summed E-state index contributed by atoms with van der Waals surface area (Å²) in [6.07, 6.45) is -3.41. The monoisotopic (exact) mass is 1140 g/mol. The normalized spacial score (nSPS) is 21.5. The van der Waals surface area contributed by atoms with Crippen LogP contribution in [0.25, 0.3) is 22.3 Å². The molecule has 442 valence electrons. The molecule has 2 saturated heterocycles. The zero-order chi connectivity index (χ0) is 60.1. The molecule has 0 saturated carbocycles. The number of hydrogen-bond donors (Lipinski definition) is 14. The number of carbonyl (C=O) groups is 6. The molecule has 0 bridgehead atoms. The number of aryl methyl sites for hydroxylation is 1. The number of rotatable bonds is 25. The summed E-state index contributed by atoms with van der Waals surface area (Å²) in [5.41, 5.74) is 11.3. The SMILES string of the molecule is C#C[C@H](C[C@@H](O)[C@@H](O)NC(=O)C1[C@@H](O)[C@@H](C)CN1C(=O)C(NC(=O)C(NC(=O)[C@@H]1C[C@@H](O)CN1C(=O)C(N)[C@@H](C)O)[C@H](O)[C@@H](O)c1ccc(O)cc1)[C@@H](C)O)NC(=O)c1ccc(-c2ccc(-c3ccc(CCCCCC)cc3)cc2)cc1. The van der Waals surface area contributed by atoms with Crippen molar-refractivity contribution in [3.05, 3.63) is 114 Å². The molecule has 0 spiro atoms. The number of phenolic OH excluding ortho intramolecular Hbond substituents is 1. The van der Waals surface area contributed by atoms with Crippen molar-refractivity contribution in [3.8, 4) is 40.3 Å². The summed E-state index contributed by atoms with van der Waals surface area (Å²) in [6.45, 7) is 5.24. The van der Waals surface area contributed by atoms with Gasteiger partial charge >= 0.3 is 0 Å². The molecule has 0 aliphatic carbocycles. The van der Waals surface area contributed by atoms with Crippen LogP contribution in [0.1, 0.15) is 93.8 Å². The maximum atomic E-state index is 14.4. The van der Waals surface area contributed by atoms with Crippen molar-refractivity contribution in [3.63, 3.8) is 0 Å². The first-order valence-corrected chi connectivity index (χ1v) is 27.5. The Hall–Kier alpha value is -7.30. The molecule has 82 heavy (non-hydrogen) atoms. The Morgan fingerprint density at radius 1 is 0.683 bits per heavy atom. The summed E-state index contributed by atoms with van der Waals surface area (Å²) in [5, 5.41) is 107. The zero-order valence-corrected chi connectivity index (χ0v) is 46.3. The van der Waals surface area contributed by atoms with E-state index in [0.29, 0.717) is 0 Å². The summed E-state index contributed by atoms with van der Waals surface area (Å²) < 4.78 is 0. The summed E-state index contributed by atoms with van der Waals surface area (Å²) >= 11 is 0. The molecule has 2 heterocycles. The molecule has 2 aliphatic heterocycles. The van der Waals surface area contributed by atoms with Gasteiger partial charge in [-0.1, -0.05) is 112 Å². The van der Waals surface area contributed by atoms with Gasteiger partial charge in [0, 0.05) is 37.4 Å². The number of aliphatic hydroxyl groups is 8. The van der Waals surface area contributed by atoms with Crippen LogP contribution >= 0.6 is 0 Å². The predicted octanol–water partition coefficient (Wildman–Crippen LogP) is 0.0888. The minimum atomic E-state index is -2.25. The van der Waals surface area contributed by atoms with Crippen LogP contribution in [-0.2, 0) is 30.4 Å². The third-order valence-corrected chi connectivity index (χ3v) is 15.1. The van der Waals surface area contributed by atoms with Gasteiger partial charge in [0.05, 0.1) is 30.5 Å². The van der Waals surface area contributed by atoms with Crippen molar-refractivity contribution in [2.45, 2.75) is 158 Å². The molecule has 2 aliphatic rings. The second kappa shape index (κ2) is 29.1. The molecule has 0 radical (unpaired) electrons. The number of terminal acetylenes is 1. The number of phenols is 1. The van der Waals surface area contributed by atoms with E-state index in [-0.39, 0.29) is 29.8 Å². The number of carbonyl (C=O) groups excluding carboxylic acids is 6. The van der Waals surface area contributed by atoms with Gasteiger partial charge in [0.15, 0.2) is 6.23 Å². The lowest BCUT2D eigenvalue weighted by Gasteiger charge is -2.34. The van der Waals surface area contributed by atoms with Crippen molar-refractivity contribution >= 4 is 35.4 Å². The van der Waals surface area contributed by atoms with Crippen LogP contribution in [0.2, 0.25) is 0 Å². The molecular formula is C60H77N7O15. The van der Waals surface area contributed by atoms with Crippen molar-refractivity contribution in [2.75, 3.05) is 13.1 Å². The van der Waals surface area contributed by atoms with E-state index < -0.39 is 140 Å². The van der Waals surface area contributed by atoms with E-state index in [1.54, 1.807) is 24.3 Å². The predicted molar refractivity (Wildman–Crippen MR) is 301 cm³/mol. The molecule has 4 aromatic carbocycles. The van der Waals surface area contributed by atoms with Crippen LogP contribution < -0.4 is 27.0 Å².